The van der Waals surface area contributed by atoms with E-state index in [4.69, 9.17) is 5.11 Å². The summed E-state index contributed by atoms with van der Waals surface area (Å²) in [7, 11) is 0. The molecule has 0 heterocycles. The fourth-order valence-electron chi connectivity index (χ4n) is 1.30. The van der Waals surface area contributed by atoms with Crippen LogP contribution in [0.5, 0.6) is 0 Å². The summed E-state index contributed by atoms with van der Waals surface area (Å²) >= 11 is 3.40. The molecule has 92 valence electrons. The number of aliphatic hydroxyl groups excluding tert-OH is 1. The van der Waals surface area contributed by atoms with Gasteiger partial charge in [0.05, 0.1) is 12.6 Å². The van der Waals surface area contributed by atoms with E-state index in [1.54, 1.807) is 6.08 Å². The van der Waals surface area contributed by atoms with Crippen LogP contribution in [-0.2, 0) is 4.79 Å². The second-order valence-electron chi connectivity index (χ2n) is 3.65. The maximum absolute atomic E-state index is 11.5. The van der Waals surface area contributed by atoms with Gasteiger partial charge in [-0.25, -0.2) is 0 Å². The van der Waals surface area contributed by atoms with Gasteiger partial charge in [0.1, 0.15) is 0 Å². The molecule has 0 aliphatic heterocycles. The summed E-state index contributed by atoms with van der Waals surface area (Å²) in [6, 6.07) is 7.48. The first-order valence-electron chi connectivity index (χ1n) is 5.51. The highest BCUT2D eigenvalue weighted by Crippen LogP contribution is 2.16. The number of aliphatic hydroxyl groups is 1. The molecular formula is C13H16BrNO2. The first-order valence-corrected chi connectivity index (χ1v) is 6.30. The monoisotopic (exact) mass is 297 g/mol. The van der Waals surface area contributed by atoms with E-state index in [0.29, 0.717) is 6.42 Å². The maximum Gasteiger partial charge on any atom is 0.244 e. The average molecular weight is 298 g/mol. The summed E-state index contributed by atoms with van der Waals surface area (Å²) in [6.07, 6.45) is 3.92. The Bertz CT molecular complexity index is 400. The minimum absolute atomic E-state index is 0.0366. The summed E-state index contributed by atoms with van der Waals surface area (Å²) < 4.78 is 0.943. The lowest BCUT2D eigenvalue weighted by Crippen LogP contribution is -2.35. The predicted octanol–water partition coefficient (Wildman–Crippen LogP) is 2.35. The van der Waals surface area contributed by atoms with Gasteiger partial charge in [-0.15, -0.1) is 0 Å². The van der Waals surface area contributed by atoms with E-state index in [-0.39, 0.29) is 18.6 Å². The molecule has 0 aromatic heterocycles. The number of hydrogen-bond donors (Lipinski definition) is 2. The average Bonchev–Trinajstić information content (AvgIpc) is 2.35. The minimum Gasteiger partial charge on any atom is -0.394 e. The number of carbonyl (C=O) groups is 1. The van der Waals surface area contributed by atoms with Crippen LogP contribution in [0.25, 0.3) is 6.08 Å². The van der Waals surface area contributed by atoms with Gasteiger partial charge in [0.25, 0.3) is 0 Å². The lowest BCUT2D eigenvalue weighted by atomic mass is 10.2. The highest BCUT2D eigenvalue weighted by Gasteiger charge is 2.05. The number of amides is 1. The minimum atomic E-state index is -0.193. The highest BCUT2D eigenvalue weighted by atomic mass is 79.9. The molecule has 0 saturated carbocycles. The molecule has 17 heavy (non-hydrogen) atoms. The SMILES string of the molecule is CCC(CO)NC(=O)/C=C/c1ccccc1Br. The molecule has 0 bridgehead atoms. The van der Waals surface area contributed by atoms with Gasteiger partial charge < -0.3 is 10.4 Å². The van der Waals surface area contributed by atoms with E-state index in [9.17, 15) is 4.79 Å². The lowest BCUT2D eigenvalue weighted by molar-refractivity contribution is -0.117. The van der Waals surface area contributed by atoms with Gasteiger partial charge in [0, 0.05) is 10.5 Å². The second kappa shape index (κ2) is 7.25. The van der Waals surface area contributed by atoms with Crippen LogP contribution < -0.4 is 5.32 Å². The van der Waals surface area contributed by atoms with Gasteiger partial charge in [-0.3, -0.25) is 4.79 Å². The number of carbonyl (C=O) groups excluding carboxylic acids is 1. The summed E-state index contributed by atoms with van der Waals surface area (Å²) in [5, 5.41) is 11.7. The van der Waals surface area contributed by atoms with Gasteiger partial charge in [-0.05, 0) is 24.1 Å². The molecule has 4 heteroatoms. The third-order valence-corrected chi connectivity index (χ3v) is 3.10. The Balaban J connectivity index is 2.60. The number of halogens is 1. The van der Waals surface area contributed by atoms with E-state index in [1.807, 2.05) is 31.2 Å². The van der Waals surface area contributed by atoms with Crippen molar-refractivity contribution in [3.8, 4) is 0 Å². The Labute approximate surface area is 110 Å². The first kappa shape index (κ1) is 13.9. The molecule has 0 spiro atoms. The molecular weight excluding hydrogens is 282 g/mol. The number of rotatable bonds is 5. The zero-order valence-corrected chi connectivity index (χ0v) is 11.3. The number of benzene rings is 1. The van der Waals surface area contributed by atoms with E-state index < -0.39 is 0 Å². The summed E-state index contributed by atoms with van der Waals surface area (Å²) in [5.74, 6) is -0.193. The van der Waals surface area contributed by atoms with Crippen molar-refractivity contribution in [1.82, 2.24) is 5.32 Å². The predicted molar refractivity (Wildman–Crippen MR) is 72.5 cm³/mol. The lowest BCUT2D eigenvalue weighted by Gasteiger charge is -2.11. The molecule has 1 rings (SSSR count). The van der Waals surface area contributed by atoms with Crippen molar-refractivity contribution in [3.05, 3.63) is 40.4 Å². The van der Waals surface area contributed by atoms with Crippen molar-refractivity contribution in [3.63, 3.8) is 0 Å². The molecule has 1 aromatic carbocycles. The van der Waals surface area contributed by atoms with E-state index in [2.05, 4.69) is 21.2 Å². The molecule has 1 aromatic rings. The van der Waals surface area contributed by atoms with Gasteiger partial charge >= 0.3 is 0 Å². The summed E-state index contributed by atoms with van der Waals surface area (Å²) in [5.41, 5.74) is 0.944. The summed E-state index contributed by atoms with van der Waals surface area (Å²) in [4.78, 5) is 11.5. The Hall–Kier alpha value is -1.13. The maximum atomic E-state index is 11.5. The molecule has 1 atom stereocenters. The Morgan fingerprint density at radius 1 is 1.53 bits per heavy atom. The van der Waals surface area contributed by atoms with Crippen LogP contribution in [-0.4, -0.2) is 23.7 Å². The van der Waals surface area contributed by atoms with Crippen LogP contribution in [0.4, 0.5) is 0 Å². The fourth-order valence-corrected chi connectivity index (χ4v) is 1.72. The molecule has 0 fully saturated rings. The molecule has 0 aliphatic rings. The first-order chi connectivity index (χ1) is 8.17. The molecule has 3 nitrogen and oxygen atoms in total. The van der Waals surface area contributed by atoms with Crippen LogP contribution >= 0.6 is 15.9 Å². The highest BCUT2D eigenvalue weighted by molar-refractivity contribution is 9.10. The van der Waals surface area contributed by atoms with Crippen LogP contribution in [0, 0.1) is 0 Å². The Kier molecular flexibility index (Phi) is 5.94. The van der Waals surface area contributed by atoms with Gasteiger partial charge in [0.15, 0.2) is 0 Å². The standard InChI is InChI=1S/C13H16BrNO2/c1-2-11(9-16)15-13(17)8-7-10-5-3-4-6-12(10)14/h3-8,11,16H,2,9H2,1H3,(H,15,17)/b8-7+. The smallest absolute Gasteiger partial charge is 0.244 e. The van der Waals surface area contributed by atoms with E-state index >= 15 is 0 Å². The third kappa shape index (κ3) is 4.71. The van der Waals surface area contributed by atoms with E-state index in [1.165, 1.54) is 6.08 Å². The quantitative estimate of drug-likeness (QED) is 0.820. The third-order valence-electron chi connectivity index (χ3n) is 2.38. The number of nitrogens with one attached hydrogen (secondary N) is 1. The Morgan fingerprint density at radius 2 is 2.24 bits per heavy atom. The van der Waals surface area contributed by atoms with Gasteiger partial charge in [-0.2, -0.15) is 0 Å². The van der Waals surface area contributed by atoms with Crippen LogP contribution in [0.15, 0.2) is 34.8 Å². The van der Waals surface area contributed by atoms with Crippen molar-refractivity contribution in [2.45, 2.75) is 19.4 Å². The van der Waals surface area contributed by atoms with Crippen LogP contribution in [0.3, 0.4) is 0 Å². The molecule has 2 N–H and O–H groups in total. The van der Waals surface area contributed by atoms with Crippen molar-refractivity contribution in [1.29, 1.82) is 0 Å². The zero-order chi connectivity index (χ0) is 12.7. The van der Waals surface area contributed by atoms with Crippen molar-refractivity contribution in [2.75, 3.05) is 6.61 Å². The molecule has 1 amide bonds. The van der Waals surface area contributed by atoms with Gasteiger partial charge in [-0.1, -0.05) is 41.1 Å². The molecule has 0 saturated heterocycles. The largest absolute Gasteiger partial charge is 0.394 e. The zero-order valence-electron chi connectivity index (χ0n) is 9.69. The second-order valence-corrected chi connectivity index (χ2v) is 4.51. The van der Waals surface area contributed by atoms with Crippen molar-refractivity contribution >= 4 is 27.9 Å². The Morgan fingerprint density at radius 3 is 2.82 bits per heavy atom. The van der Waals surface area contributed by atoms with Crippen molar-refractivity contribution in [2.24, 2.45) is 0 Å². The fraction of sp³-hybridized carbons (Fsp3) is 0.308. The van der Waals surface area contributed by atoms with Gasteiger partial charge in [0.2, 0.25) is 5.91 Å². The van der Waals surface area contributed by atoms with Crippen LogP contribution in [0.1, 0.15) is 18.9 Å². The normalized spacial score (nSPS) is 12.6. The molecule has 1 unspecified atom stereocenters. The molecule has 0 radical (unpaired) electrons. The number of hydrogen-bond acceptors (Lipinski definition) is 2. The van der Waals surface area contributed by atoms with Crippen LogP contribution in [0.2, 0.25) is 0 Å². The molecule has 0 aliphatic carbocycles. The summed E-state index contributed by atoms with van der Waals surface area (Å²) in [6.45, 7) is 1.88. The topological polar surface area (TPSA) is 49.3 Å². The van der Waals surface area contributed by atoms with Crippen molar-refractivity contribution < 1.29 is 9.90 Å². The van der Waals surface area contributed by atoms with E-state index in [0.717, 1.165) is 10.0 Å².